The first kappa shape index (κ1) is 19.1. The van der Waals surface area contributed by atoms with Gasteiger partial charge in [0.1, 0.15) is 0 Å². The topological polar surface area (TPSA) is 88.6 Å². The molecular weight excluding hydrogens is 401 g/mol. The van der Waals surface area contributed by atoms with Gasteiger partial charge in [-0.2, -0.15) is 0 Å². The molecule has 0 spiro atoms. The van der Waals surface area contributed by atoms with Gasteiger partial charge < -0.3 is 20.5 Å². The second kappa shape index (κ2) is 7.64. The predicted octanol–water partition coefficient (Wildman–Crippen LogP) is 3.71. The first-order valence-electron chi connectivity index (χ1n) is 8.90. The zero-order chi connectivity index (χ0) is 19.8. The molecule has 1 aliphatic rings. The molecule has 6 nitrogen and oxygen atoms in total. The van der Waals surface area contributed by atoms with E-state index in [1.165, 1.54) is 0 Å². The van der Waals surface area contributed by atoms with Crippen molar-refractivity contribution < 1.29 is 15.0 Å². The summed E-state index contributed by atoms with van der Waals surface area (Å²) < 4.78 is 0. The van der Waals surface area contributed by atoms with E-state index in [-0.39, 0.29) is 41.6 Å². The van der Waals surface area contributed by atoms with Gasteiger partial charge in [0.25, 0.3) is 0 Å². The molecule has 4 rings (SSSR count). The highest BCUT2D eigenvalue weighted by molar-refractivity contribution is 6.32. The number of hydrogen-bond donors (Lipinski definition) is 4. The van der Waals surface area contributed by atoms with E-state index < -0.39 is 0 Å². The molecule has 146 valence electrons. The minimum atomic E-state index is -0.325. The lowest BCUT2D eigenvalue weighted by molar-refractivity contribution is -0.118. The van der Waals surface area contributed by atoms with E-state index in [0.29, 0.717) is 11.6 Å². The van der Waals surface area contributed by atoms with Crippen LogP contribution in [-0.4, -0.2) is 45.7 Å². The van der Waals surface area contributed by atoms with Crippen molar-refractivity contribution >= 4 is 45.7 Å². The molecule has 0 bridgehead atoms. The average Bonchev–Trinajstić information content (AvgIpc) is 3.03. The zero-order valence-electron chi connectivity index (χ0n) is 14.9. The lowest BCUT2D eigenvalue weighted by Crippen LogP contribution is -2.42. The Morgan fingerprint density at radius 2 is 2.11 bits per heavy atom. The molecule has 8 heteroatoms. The number of anilines is 1. The quantitative estimate of drug-likeness (QED) is 0.485. The van der Waals surface area contributed by atoms with Gasteiger partial charge in [-0.05, 0) is 42.3 Å². The highest BCUT2D eigenvalue weighted by Gasteiger charge is 2.31. The van der Waals surface area contributed by atoms with Crippen LogP contribution >= 0.6 is 23.2 Å². The molecule has 1 unspecified atom stereocenters. The van der Waals surface area contributed by atoms with E-state index in [9.17, 15) is 15.0 Å². The maximum absolute atomic E-state index is 12.5. The van der Waals surface area contributed by atoms with Crippen LogP contribution < -0.4 is 5.32 Å². The van der Waals surface area contributed by atoms with Crippen molar-refractivity contribution in [2.75, 3.05) is 25.0 Å². The Bertz CT molecular complexity index is 1050. The number of amides is 1. The van der Waals surface area contributed by atoms with Crippen LogP contribution in [0.25, 0.3) is 10.9 Å². The number of aliphatic hydroxyl groups is 1. The molecule has 0 radical (unpaired) electrons. The number of fused-ring (bicyclic) bond motifs is 3. The van der Waals surface area contributed by atoms with Crippen LogP contribution in [0.5, 0.6) is 5.75 Å². The van der Waals surface area contributed by atoms with E-state index in [1.807, 2.05) is 23.1 Å². The van der Waals surface area contributed by atoms with Crippen molar-refractivity contribution in [1.82, 2.24) is 9.88 Å². The second-order valence-electron chi connectivity index (χ2n) is 6.81. The molecule has 4 N–H and O–H groups in total. The van der Waals surface area contributed by atoms with Crippen molar-refractivity contribution in [3.8, 4) is 5.75 Å². The van der Waals surface area contributed by atoms with Gasteiger partial charge in [0.2, 0.25) is 5.91 Å². The van der Waals surface area contributed by atoms with Crippen LogP contribution in [0.3, 0.4) is 0 Å². The summed E-state index contributed by atoms with van der Waals surface area (Å²) in [5.74, 6) is -0.455. The van der Waals surface area contributed by atoms with Crippen molar-refractivity contribution in [3.63, 3.8) is 0 Å². The molecule has 1 amide bonds. The number of phenols is 1. The Morgan fingerprint density at radius 3 is 2.89 bits per heavy atom. The maximum Gasteiger partial charge on any atom is 0.238 e. The molecule has 3 aromatic rings. The van der Waals surface area contributed by atoms with Gasteiger partial charge in [0, 0.05) is 28.2 Å². The molecule has 2 heterocycles. The lowest BCUT2D eigenvalue weighted by Gasteiger charge is -2.34. The summed E-state index contributed by atoms with van der Waals surface area (Å²) in [5, 5.41) is 24.5. The van der Waals surface area contributed by atoms with E-state index in [1.54, 1.807) is 18.2 Å². The normalized spacial score (nSPS) is 16.9. The van der Waals surface area contributed by atoms with Crippen molar-refractivity contribution in [2.24, 2.45) is 0 Å². The number of aromatic hydroxyl groups is 1. The number of halogens is 2. The second-order valence-corrected chi connectivity index (χ2v) is 7.65. The van der Waals surface area contributed by atoms with Gasteiger partial charge in [-0.3, -0.25) is 9.69 Å². The number of aromatic nitrogens is 1. The van der Waals surface area contributed by atoms with Gasteiger partial charge in [-0.25, -0.2) is 0 Å². The lowest BCUT2D eigenvalue weighted by atomic mass is 9.97. The summed E-state index contributed by atoms with van der Waals surface area (Å²) in [6.45, 7) is 0.572. The van der Waals surface area contributed by atoms with Gasteiger partial charge in [-0.1, -0.05) is 29.3 Å². The smallest absolute Gasteiger partial charge is 0.238 e. The molecule has 1 atom stereocenters. The Hall–Kier alpha value is -2.25. The predicted molar refractivity (Wildman–Crippen MR) is 110 cm³/mol. The highest BCUT2D eigenvalue weighted by atomic mass is 35.5. The fourth-order valence-electron chi connectivity index (χ4n) is 3.77. The summed E-state index contributed by atoms with van der Waals surface area (Å²) >= 11 is 12.0. The number of nitrogens with one attached hydrogen (secondary N) is 2. The van der Waals surface area contributed by atoms with Gasteiger partial charge in [0.05, 0.1) is 29.9 Å². The molecule has 2 aromatic carbocycles. The summed E-state index contributed by atoms with van der Waals surface area (Å²) in [6.07, 6.45) is 0.738. The number of nitrogens with zero attached hydrogens (tertiary/aromatic N) is 1. The first-order valence-corrected chi connectivity index (χ1v) is 9.65. The van der Waals surface area contributed by atoms with E-state index in [2.05, 4.69) is 10.3 Å². The van der Waals surface area contributed by atoms with Crippen LogP contribution in [0.1, 0.15) is 17.3 Å². The third kappa shape index (κ3) is 3.44. The van der Waals surface area contributed by atoms with Crippen LogP contribution in [0.2, 0.25) is 10.0 Å². The minimum absolute atomic E-state index is 0.0761. The van der Waals surface area contributed by atoms with E-state index >= 15 is 0 Å². The SMILES string of the molecule is O=C(CN1CCc2c([nH]c3ccc(Cl)cc23)C1CO)Nc1cccc(Cl)c1O. The Balaban J connectivity index is 1.55. The fraction of sp³-hybridized carbons (Fsp3) is 0.250. The molecule has 1 aliphatic heterocycles. The van der Waals surface area contributed by atoms with E-state index in [4.69, 9.17) is 23.2 Å². The number of phenolic OH excluding ortho intramolecular Hbond substituents is 1. The van der Waals surface area contributed by atoms with Crippen molar-refractivity contribution in [3.05, 3.63) is 57.7 Å². The van der Waals surface area contributed by atoms with Crippen LogP contribution in [0.4, 0.5) is 5.69 Å². The monoisotopic (exact) mass is 419 g/mol. The third-order valence-corrected chi connectivity index (χ3v) is 5.64. The number of hydrogen-bond acceptors (Lipinski definition) is 4. The largest absolute Gasteiger partial charge is 0.504 e. The molecule has 0 saturated carbocycles. The number of rotatable bonds is 4. The number of para-hydroxylation sites is 1. The number of aromatic amines is 1. The molecule has 28 heavy (non-hydrogen) atoms. The summed E-state index contributed by atoms with van der Waals surface area (Å²) in [6, 6.07) is 10.1. The maximum atomic E-state index is 12.5. The number of benzene rings is 2. The van der Waals surface area contributed by atoms with Gasteiger partial charge in [0.15, 0.2) is 5.75 Å². The molecule has 0 aliphatic carbocycles. The van der Waals surface area contributed by atoms with Crippen LogP contribution in [-0.2, 0) is 11.2 Å². The first-order chi connectivity index (χ1) is 13.5. The number of aliphatic hydroxyl groups excluding tert-OH is 1. The summed E-state index contributed by atoms with van der Waals surface area (Å²) in [7, 11) is 0. The minimum Gasteiger partial charge on any atom is -0.504 e. The number of carbonyl (C=O) groups is 1. The molecule has 0 fully saturated rings. The van der Waals surface area contributed by atoms with Crippen molar-refractivity contribution in [1.29, 1.82) is 0 Å². The van der Waals surface area contributed by atoms with Crippen LogP contribution in [0.15, 0.2) is 36.4 Å². The Labute approximate surface area is 171 Å². The molecule has 0 saturated heterocycles. The standard InChI is InChI=1S/C20H19Cl2N3O3/c21-11-4-5-15-13(8-11)12-6-7-25(17(10-26)19(12)24-15)9-18(27)23-16-3-1-2-14(22)20(16)28/h1-5,8,17,24,26,28H,6-7,9-10H2,(H,23,27). The van der Waals surface area contributed by atoms with Crippen molar-refractivity contribution in [2.45, 2.75) is 12.5 Å². The third-order valence-electron chi connectivity index (χ3n) is 5.10. The Morgan fingerprint density at radius 1 is 1.29 bits per heavy atom. The molecule has 1 aromatic heterocycles. The highest BCUT2D eigenvalue weighted by Crippen LogP contribution is 2.35. The Kier molecular flexibility index (Phi) is 5.21. The van der Waals surface area contributed by atoms with Gasteiger partial charge >= 0.3 is 0 Å². The zero-order valence-corrected chi connectivity index (χ0v) is 16.4. The molecular formula is C20H19Cl2N3O3. The summed E-state index contributed by atoms with van der Waals surface area (Å²) in [5.41, 5.74) is 3.25. The average molecular weight is 420 g/mol. The van der Waals surface area contributed by atoms with E-state index in [0.717, 1.165) is 28.6 Å². The van der Waals surface area contributed by atoms with Gasteiger partial charge in [-0.15, -0.1) is 0 Å². The number of carbonyl (C=O) groups excluding carboxylic acids is 1. The summed E-state index contributed by atoms with van der Waals surface area (Å²) in [4.78, 5) is 17.8. The van der Waals surface area contributed by atoms with Crippen LogP contribution in [0, 0.1) is 0 Å². The number of H-pyrrole nitrogens is 1. The fourth-order valence-corrected chi connectivity index (χ4v) is 4.12.